The summed E-state index contributed by atoms with van der Waals surface area (Å²) in [5, 5.41) is 3.50. The zero-order valence-electron chi connectivity index (χ0n) is 14.0. The largest absolute Gasteiger partial charge is 0.317 e. The van der Waals surface area contributed by atoms with Crippen molar-refractivity contribution < 1.29 is 0 Å². The predicted octanol–water partition coefficient (Wildman–Crippen LogP) is 3.56. The highest BCUT2D eigenvalue weighted by atomic mass is 15.2. The first-order chi connectivity index (χ1) is 11.3. The maximum Gasteiger partial charge on any atom is 0.0607 e. The number of hydrogen-bond donors (Lipinski definition) is 1. The number of benzene rings is 2. The molecule has 2 aromatic carbocycles. The van der Waals surface area contributed by atoms with Crippen LogP contribution in [-0.4, -0.2) is 31.1 Å². The highest BCUT2D eigenvalue weighted by molar-refractivity contribution is 5.44. The zero-order chi connectivity index (χ0) is 15.6. The molecule has 1 N–H and O–H groups in total. The predicted molar refractivity (Wildman–Crippen MR) is 95.8 cm³/mol. The molecule has 0 saturated carbocycles. The Labute approximate surface area is 139 Å². The molecule has 1 saturated heterocycles. The van der Waals surface area contributed by atoms with E-state index in [2.05, 4.69) is 65.8 Å². The molecule has 0 spiro atoms. The summed E-state index contributed by atoms with van der Waals surface area (Å²) in [7, 11) is 2.33. The first kappa shape index (κ1) is 14.9. The number of rotatable bonds is 2. The minimum absolute atomic E-state index is 0.396. The molecule has 1 aliphatic heterocycles. The Morgan fingerprint density at radius 1 is 0.826 bits per heavy atom. The van der Waals surface area contributed by atoms with Crippen LogP contribution in [0.5, 0.6) is 0 Å². The van der Waals surface area contributed by atoms with Crippen molar-refractivity contribution in [3.63, 3.8) is 0 Å². The van der Waals surface area contributed by atoms with Gasteiger partial charge >= 0.3 is 0 Å². The van der Waals surface area contributed by atoms with Gasteiger partial charge in [-0.05, 0) is 68.1 Å². The first-order valence-corrected chi connectivity index (χ1v) is 8.93. The summed E-state index contributed by atoms with van der Waals surface area (Å²) in [5.41, 5.74) is 6.07. The van der Waals surface area contributed by atoms with Crippen molar-refractivity contribution in [3.05, 3.63) is 70.8 Å². The molecule has 1 heterocycles. The quantitative estimate of drug-likeness (QED) is 0.912. The van der Waals surface area contributed by atoms with E-state index < -0.39 is 0 Å². The highest BCUT2D eigenvalue weighted by Gasteiger charge is 2.30. The van der Waals surface area contributed by atoms with Gasteiger partial charge in [0, 0.05) is 6.04 Å². The fraction of sp³-hybridized carbons (Fsp3) is 0.429. The van der Waals surface area contributed by atoms with Gasteiger partial charge in [-0.3, -0.25) is 4.90 Å². The summed E-state index contributed by atoms with van der Waals surface area (Å²) in [5.74, 6) is 0. The molecule has 120 valence electrons. The maximum absolute atomic E-state index is 3.50. The third kappa shape index (κ3) is 2.82. The van der Waals surface area contributed by atoms with Gasteiger partial charge in [-0.15, -0.1) is 0 Å². The van der Waals surface area contributed by atoms with Crippen LogP contribution in [0.2, 0.25) is 0 Å². The van der Waals surface area contributed by atoms with E-state index in [1.54, 1.807) is 0 Å². The molecular formula is C21H26N2. The fourth-order valence-corrected chi connectivity index (χ4v) is 4.36. The molecule has 0 bridgehead atoms. The number of aryl methyl sites for hydroxylation is 2. The molecule has 2 nitrogen and oxygen atoms in total. The zero-order valence-corrected chi connectivity index (χ0v) is 14.0. The van der Waals surface area contributed by atoms with Gasteiger partial charge in [0.05, 0.1) is 6.04 Å². The summed E-state index contributed by atoms with van der Waals surface area (Å²) in [4.78, 5) is 2.64. The molecule has 0 unspecified atom stereocenters. The normalized spacial score (nSPS) is 19.2. The van der Waals surface area contributed by atoms with Crippen LogP contribution in [0, 0.1) is 0 Å². The van der Waals surface area contributed by atoms with Crippen LogP contribution in [0.3, 0.4) is 0 Å². The summed E-state index contributed by atoms with van der Waals surface area (Å²) in [6, 6.07) is 19.2. The van der Waals surface area contributed by atoms with E-state index in [-0.39, 0.29) is 0 Å². The minimum Gasteiger partial charge on any atom is -0.317 e. The van der Waals surface area contributed by atoms with Crippen LogP contribution in [0.4, 0.5) is 0 Å². The third-order valence-corrected chi connectivity index (χ3v) is 5.65. The Balaban J connectivity index is 1.79. The van der Waals surface area contributed by atoms with Crippen LogP contribution >= 0.6 is 0 Å². The summed E-state index contributed by atoms with van der Waals surface area (Å²) < 4.78 is 0. The molecule has 2 aliphatic rings. The molecule has 23 heavy (non-hydrogen) atoms. The Kier molecular flexibility index (Phi) is 4.19. The molecule has 4 rings (SSSR count). The number of nitrogens with zero attached hydrogens (tertiary/aromatic N) is 1. The van der Waals surface area contributed by atoms with Crippen LogP contribution in [0.25, 0.3) is 0 Å². The lowest BCUT2D eigenvalue weighted by Gasteiger charge is -2.38. The average Bonchev–Trinajstić information content (AvgIpc) is 2.79. The third-order valence-electron chi connectivity index (χ3n) is 5.65. The second-order valence-electron chi connectivity index (χ2n) is 6.95. The molecule has 0 aromatic heterocycles. The Bertz CT molecular complexity index is 626. The van der Waals surface area contributed by atoms with E-state index in [1.165, 1.54) is 35.1 Å². The van der Waals surface area contributed by atoms with Gasteiger partial charge in [-0.25, -0.2) is 0 Å². The van der Waals surface area contributed by atoms with E-state index in [0.717, 1.165) is 25.9 Å². The van der Waals surface area contributed by atoms with E-state index in [1.807, 2.05) is 0 Å². The van der Waals surface area contributed by atoms with Gasteiger partial charge in [0.25, 0.3) is 0 Å². The van der Waals surface area contributed by atoms with Crippen molar-refractivity contribution >= 4 is 0 Å². The van der Waals surface area contributed by atoms with Crippen LogP contribution < -0.4 is 5.32 Å². The summed E-state index contributed by atoms with van der Waals surface area (Å²) in [6.45, 7) is 2.29. The monoisotopic (exact) mass is 306 g/mol. The SMILES string of the molecule is CN(C1CCNCC1)C1c2ccccc2CCc2ccccc21. The maximum atomic E-state index is 3.50. The lowest BCUT2D eigenvalue weighted by molar-refractivity contribution is 0.163. The molecule has 1 fully saturated rings. The molecule has 1 aliphatic carbocycles. The molecule has 2 heteroatoms. The fourth-order valence-electron chi connectivity index (χ4n) is 4.36. The Morgan fingerprint density at radius 2 is 1.35 bits per heavy atom. The van der Waals surface area contributed by atoms with Crippen LogP contribution in [-0.2, 0) is 12.8 Å². The van der Waals surface area contributed by atoms with E-state index in [9.17, 15) is 0 Å². The average molecular weight is 306 g/mol. The molecule has 0 radical (unpaired) electrons. The Hall–Kier alpha value is -1.64. The second-order valence-corrected chi connectivity index (χ2v) is 6.95. The lowest BCUT2D eigenvalue weighted by atomic mass is 9.91. The van der Waals surface area contributed by atoms with E-state index in [0.29, 0.717) is 12.1 Å². The number of fused-ring (bicyclic) bond motifs is 2. The van der Waals surface area contributed by atoms with Gasteiger partial charge < -0.3 is 5.32 Å². The first-order valence-electron chi connectivity index (χ1n) is 8.93. The minimum atomic E-state index is 0.396. The van der Waals surface area contributed by atoms with Gasteiger partial charge in [-0.2, -0.15) is 0 Å². The van der Waals surface area contributed by atoms with Crippen molar-refractivity contribution in [1.82, 2.24) is 10.2 Å². The molecule has 0 amide bonds. The molecular weight excluding hydrogens is 280 g/mol. The summed E-state index contributed by atoms with van der Waals surface area (Å²) in [6.07, 6.45) is 4.81. The second kappa shape index (κ2) is 6.46. The van der Waals surface area contributed by atoms with E-state index in [4.69, 9.17) is 0 Å². The van der Waals surface area contributed by atoms with E-state index >= 15 is 0 Å². The van der Waals surface area contributed by atoms with Gasteiger partial charge in [0.15, 0.2) is 0 Å². The Morgan fingerprint density at radius 3 is 1.91 bits per heavy atom. The number of nitrogens with one attached hydrogen (secondary N) is 1. The van der Waals surface area contributed by atoms with Gasteiger partial charge in [0.1, 0.15) is 0 Å². The van der Waals surface area contributed by atoms with Gasteiger partial charge in [-0.1, -0.05) is 48.5 Å². The van der Waals surface area contributed by atoms with Crippen LogP contribution in [0.1, 0.15) is 41.1 Å². The summed E-state index contributed by atoms with van der Waals surface area (Å²) >= 11 is 0. The molecule has 0 atom stereocenters. The van der Waals surface area contributed by atoms with Crippen molar-refractivity contribution in [2.75, 3.05) is 20.1 Å². The number of piperidine rings is 1. The smallest absolute Gasteiger partial charge is 0.0607 e. The van der Waals surface area contributed by atoms with Crippen molar-refractivity contribution in [1.29, 1.82) is 0 Å². The van der Waals surface area contributed by atoms with Crippen molar-refractivity contribution in [3.8, 4) is 0 Å². The van der Waals surface area contributed by atoms with Gasteiger partial charge in [0.2, 0.25) is 0 Å². The highest BCUT2D eigenvalue weighted by Crippen LogP contribution is 2.37. The standard InChI is InChI=1S/C21H26N2/c1-23(18-12-14-22-15-13-18)21-19-8-4-2-6-16(19)10-11-17-7-3-5-9-20(17)21/h2-9,18,21-22H,10-15H2,1H3. The molecule has 2 aromatic rings. The topological polar surface area (TPSA) is 15.3 Å². The van der Waals surface area contributed by atoms with Crippen molar-refractivity contribution in [2.24, 2.45) is 0 Å². The van der Waals surface area contributed by atoms with Crippen LogP contribution in [0.15, 0.2) is 48.5 Å². The van der Waals surface area contributed by atoms with Crippen molar-refractivity contribution in [2.45, 2.75) is 37.8 Å². The lowest BCUT2D eigenvalue weighted by Crippen LogP contribution is -2.43. The number of hydrogen-bond acceptors (Lipinski definition) is 2.